The molecular weight excluding hydrogens is 440 g/mol. The van der Waals surface area contributed by atoms with E-state index in [1.165, 1.54) is 28.9 Å². The third-order valence-corrected chi connectivity index (χ3v) is 5.36. The van der Waals surface area contributed by atoms with E-state index >= 15 is 0 Å². The summed E-state index contributed by atoms with van der Waals surface area (Å²) in [6, 6.07) is 12.5. The summed E-state index contributed by atoms with van der Waals surface area (Å²) in [7, 11) is 0. The van der Waals surface area contributed by atoms with E-state index in [2.05, 4.69) is 10.00 Å². The summed E-state index contributed by atoms with van der Waals surface area (Å²) in [5.74, 6) is -0.423. The molecule has 0 atom stereocenters. The highest BCUT2D eigenvalue weighted by atomic mass is 19.4. The number of aromatic nitrogens is 2. The van der Waals surface area contributed by atoms with Crippen molar-refractivity contribution < 1.29 is 27.1 Å². The predicted molar refractivity (Wildman–Crippen MR) is 112 cm³/mol. The second-order valence-electron chi connectivity index (χ2n) is 7.73. The fourth-order valence-corrected chi connectivity index (χ4v) is 3.57. The molecule has 2 heterocycles. The topological polar surface area (TPSA) is 50.6 Å². The Hall–Kier alpha value is -3.40. The molecule has 33 heavy (non-hydrogen) atoms. The van der Waals surface area contributed by atoms with E-state index in [0.717, 1.165) is 17.7 Å². The first-order valence-corrected chi connectivity index (χ1v) is 10.4. The number of carbonyl (C=O) groups is 1. The molecule has 1 aliphatic rings. The molecule has 0 spiro atoms. The van der Waals surface area contributed by atoms with Gasteiger partial charge in [-0.2, -0.15) is 18.3 Å². The van der Waals surface area contributed by atoms with Crippen LogP contribution >= 0.6 is 0 Å². The van der Waals surface area contributed by atoms with Gasteiger partial charge in [-0.05, 0) is 42.0 Å². The van der Waals surface area contributed by atoms with Crippen LogP contribution in [0.1, 0.15) is 21.6 Å². The van der Waals surface area contributed by atoms with Crippen LogP contribution in [0.2, 0.25) is 0 Å². The Bertz CT molecular complexity index is 1090. The van der Waals surface area contributed by atoms with Crippen molar-refractivity contribution in [2.75, 3.05) is 26.2 Å². The molecule has 0 N–H and O–H groups in total. The summed E-state index contributed by atoms with van der Waals surface area (Å²) in [4.78, 5) is 16.7. The maximum Gasteiger partial charge on any atom is 0.416 e. The number of carbonyl (C=O) groups excluding carboxylic acids is 1. The SMILES string of the molecule is O=C(c1ccn(COc2cccc(C(F)(F)F)c2)n1)N1CCN(Cc2ccc(F)cc2)CC1. The zero-order valence-electron chi connectivity index (χ0n) is 17.6. The van der Waals surface area contributed by atoms with Gasteiger partial charge in [0.1, 0.15) is 11.6 Å². The number of halogens is 4. The monoisotopic (exact) mass is 462 g/mol. The Kier molecular flexibility index (Phi) is 6.64. The molecule has 0 bridgehead atoms. The van der Waals surface area contributed by atoms with Crippen molar-refractivity contribution in [1.82, 2.24) is 19.6 Å². The van der Waals surface area contributed by atoms with Crippen LogP contribution < -0.4 is 4.74 Å². The zero-order chi connectivity index (χ0) is 23.4. The van der Waals surface area contributed by atoms with Crippen LogP contribution in [0, 0.1) is 5.82 Å². The lowest BCUT2D eigenvalue weighted by molar-refractivity contribution is -0.137. The minimum atomic E-state index is -4.45. The van der Waals surface area contributed by atoms with E-state index in [1.54, 1.807) is 29.3 Å². The van der Waals surface area contributed by atoms with E-state index in [0.29, 0.717) is 32.7 Å². The molecule has 6 nitrogen and oxygen atoms in total. The summed E-state index contributed by atoms with van der Waals surface area (Å²) in [5, 5.41) is 4.20. The molecule has 1 saturated heterocycles. The molecule has 1 aromatic heterocycles. The molecule has 174 valence electrons. The molecule has 0 aliphatic carbocycles. The van der Waals surface area contributed by atoms with Gasteiger partial charge in [0.15, 0.2) is 12.4 Å². The number of nitrogens with zero attached hydrogens (tertiary/aromatic N) is 4. The highest BCUT2D eigenvalue weighted by molar-refractivity contribution is 5.92. The largest absolute Gasteiger partial charge is 0.471 e. The Balaban J connectivity index is 1.28. The normalized spacial score (nSPS) is 15.0. The summed E-state index contributed by atoms with van der Waals surface area (Å²) >= 11 is 0. The van der Waals surface area contributed by atoms with Crippen molar-refractivity contribution in [1.29, 1.82) is 0 Å². The van der Waals surface area contributed by atoms with Crippen molar-refractivity contribution in [2.45, 2.75) is 19.5 Å². The van der Waals surface area contributed by atoms with Gasteiger partial charge in [0.05, 0.1) is 5.56 Å². The van der Waals surface area contributed by atoms with Gasteiger partial charge >= 0.3 is 6.18 Å². The van der Waals surface area contributed by atoms with Crippen LogP contribution in [-0.2, 0) is 19.5 Å². The van der Waals surface area contributed by atoms with Gasteiger partial charge in [-0.1, -0.05) is 18.2 Å². The number of benzene rings is 2. The van der Waals surface area contributed by atoms with Crippen LogP contribution in [0.15, 0.2) is 60.8 Å². The highest BCUT2D eigenvalue weighted by Crippen LogP contribution is 2.31. The second-order valence-corrected chi connectivity index (χ2v) is 7.73. The summed E-state index contributed by atoms with van der Waals surface area (Å²) in [5.41, 5.74) is 0.459. The fraction of sp³-hybridized carbons (Fsp3) is 0.304. The lowest BCUT2D eigenvalue weighted by atomic mass is 10.2. The molecular formula is C23H22F4N4O2. The Labute approximate surface area is 188 Å². The van der Waals surface area contributed by atoms with Gasteiger partial charge in [0, 0.05) is 38.9 Å². The van der Waals surface area contributed by atoms with Crippen LogP contribution in [-0.4, -0.2) is 51.7 Å². The first-order chi connectivity index (χ1) is 15.8. The molecule has 1 aliphatic heterocycles. The van der Waals surface area contributed by atoms with Crippen molar-refractivity contribution in [3.63, 3.8) is 0 Å². The molecule has 2 aromatic carbocycles. The molecule has 0 radical (unpaired) electrons. The lowest BCUT2D eigenvalue weighted by Crippen LogP contribution is -2.48. The van der Waals surface area contributed by atoms with Gasteiger partial charge in [-0.3, -0.25) is 9.69 Å². The molecule has 1 fully saturated rings. The highest BCUT2D eigenvalue weighted by Gasteiger charge is 2.30. The number of amides is 1. The van der Waals surface area contributed by atoms with E-state index in [1.807, 2.05) is 0 Å². The number of piperazine rings is 1. The van der Waals surface area contributed by atoms with E-state index in [9.17, 15) is 22.4 Å². The average molecular weight is 462 g/mol. The smallest absolute Gasteiger partial charge is 0.416 e. The Morgan fingerprint density at radius 1 is 1.00 bits per heavy atom. The van der Waals surface area contributed by atoms with Gasteiger partial charge in [-0.25, -0.2) is 9.07 Å². The van der Waals surface area contributed by atoms with Crippen LogP contribution in [0.4, 0.5) is 17.6 Å². The number of hydrogen-bond acceptors (Lipinski definition) is 4. The van der Waals surface area contributed by atoms with Gasteiger partial charge in [0.2, 0.25) is 0 Å². The third kappa shape index (κ3) is 5.89. The Morgan fingerprint density at radius 2 is 1.73 bits per heavy atom. The summed E-state index contributed by atoms with van der Waals surface area (Å²) < 4.78 is 58.2. The standard InChI is InChI=1S/C23H22F4N4O2/c24-19-6-4-17(5-7-19)15-29-10-12-30(13-11-29)22(32)21-8-9-31(28-21)16-33-20-3-1-2-18(14-20)23(25,26)27/h1-9,14H,10-13,15-16H2. The van der Waals surface area contributed by atoms with E-state index in [-0.39, 0.29) is 29.9 Å². The number of rotatable bonds is 6. The van der Waals surface area contributed by atoms with Crippen molar-refractivity contribution in [3.8, 4) is 5.75 Å². The number of hydrogen-bond donors (Lipinski definition) is 0. The summed E-state index contributed by atoms with van der Waals surface area (Å²) in [6.45, 7) is 3.00. The molecule has 3 aromatic rings. The minimum Gasteiger partial charge on any atom is -0.471 e. The zero-order valence-corrected chi connectivity index (χ0v) is 17.6. The van der Waals surface area contributed by atoms with Crippen molar-refractivity contribution in [3.05, 3.63) is 83.4 Å². The van der Waals surface area contributed by atoms with Crippen molar-refractivity contribution >= 4 is 5.91 Å². The third-order valence-electron chi connectivity index (χ3n) is 5.36. The van der Waals surface area contributed by atoms with Gasteiger partial charge in [-0.15, -0.1) is 0 Å². The molecule has 0 unspecified atom stereocenters. The average Bonchev–Trinajstić information content (AvgIpc) is 3.28. The quantitative estimate of drug-likeness (QED) is 0.519. The minimum absolute atomic E-state index is 0.0606. The Morgan fingerprint density at radius 3 is 2.42 bits per heavy atom. The van der Waals surface area contributed by atoms with Crippen LogP contribution in [0.25, 0.3) is 0 Å². The fourth-order valence-electron chi connectivity index (χ4n) is 3.57. The molecule has 1 amide bonds. The maximum absolute atomic E-state index is 13.0. The summed E-state index contributed by atoms with van der Waals surface area (Å²) in [6.07, 6.45) is -2.90. The second kappa shape index (κ2) is 9.62. The van der Waals surface area contributed by atoms with E-state index < -0.39 is 11.7 Å². The van der Waals surface area contributed by atoms with Crippen molar-refractivity contribution in [2.24, 2.45) is 0 Å². The van der Waals surface area contributed by atoms with Crippen LogP contribution in [0.5, 0.6) is 5.75 Å². The first kappa shape index (κ1) is 22.8. The number of ether oxygens (including phenoxy) is 1. The molecule has 0 saturated carbocycles. The first-order valence-electron chi connectivity index (χ1n) is 10.4. The maximum atomic E-state index is 13.0. The molecule has 10 heteroatoms. The molecule has 4 rings (SSSR count). The predicted octanol–water partition coefficient (Wildman–Crippen LogP) is 4.04. The van der Waals surface area contributed by atoms with Gasteiger partial charge < -0.3 is 9.64 Å². The number of alkyl halides is 3. The lowest BCUT2D eigenvalue weighted by Gasteiger charge is -2.34. The van der Waals surface area contributed by atoms with Crippen LogP contribution in [0.3, 0.4) is 0 Å². The van der Waals surface area contributed by atoms with E-state index in [4.69, 9.17) is 4.74 Å². The van der Waals surface area contributed by atoms with Gasteiger partial charge in [0.25, 0.3) is 5.91 Å².